The van der Waals surface area contributed by atoms with Gasteiger partial charge in [0, 0.05) is 10.7 Å². The lowest BCUT2D eigenvalue weighted by molar-refractivity contribution is -0.113. The summed E-state index contributed by atoms with van der Waals surface area (Å²) in [5.41, 5.74) is 1.40. The van der Waals surface area contributed by atoms with Crippen molar-refractivity contribution in [3.05, 3.63) is 63.2 Å². The van der Waals surface area contributed by atoms with E-state index in [1.165, 1.54) is 27.6 Å². The van der Waals surface area contributed by atoms with Crippen LogP contribution in [-0.2, 0) is 4.79 Å². The summed E-state index contributed by atoms with van der Waals surface area (Å²) in [6.45, 7) is 0. The normalized spacial score (nSPS) is 11.0. The molecule has 0 aliphatic heterocycles. The Morgan fingerprint density at radius 2 is 2.11 bits per heavy atom. The second-order valence-corrected chi connectivity index (χ2v) is 7.81. The minimum absolute atomic E-state index is 0.116. The second kappa shape index (κ2) is 7.55. The van der Waals surface area contributed by atoms with Crippen LogP contribution in [0.15, 0.2) is 57.8 Å². The van der Waals surface area contributed by atoms with Gasteiger partial charge in [-0.1, -0.05) is 29.4 Å². The average Bonchev–Trinajstić information content (AvgIpc) is 3.33. The predicted octanol–water partition coefficient (Wildman–Crippen LogP) is 3.53. The van der Waals surface area contributed by atoms with Gasteiger partial charge in [-0.15, -0.1) is 16.4 Å². The van der Waals surface area contributed by atoms with Gasteiger partial charge in [0.2, 0.25) is 11.1 Å². The molecule has 3 aromatic heterocycles. The van der Waals surface area contributed by atoms with E-state index < -0.39 is 0 Å². The third kappa shape index (κ3) is 3.90. The fraction of sp³-hybridized carbons (Fsp3) is 0.0588. The number of thiophene rings is 1. The molecule has 2 N–H and O–H groups in total. The van der Waals surface area contributed by atoms with Gasteiger partial charge in [-0.2, -0.15) is 5.10 Å². The molecule has 3 heterocycles. The first-order valence-corrected chi connectivity index (χ1v) is 10.0. The van der Waals surface area contributed by atoms with Gasteiger partial charge in [0.25, 0.3) is 5.56 Å². The summed E-state index contributed by atoms with van der Waals surface area (Å²) in [5, 5.41) is 16.7. The summed E-state index contributed by atoms with van der Waals surface area (Å²) < 4.78 is 1.47. The standard InChI is InChI=1S/C17H12ClN5O2S2/c18-10-3-5-11(6-4-10)19-15(24)9-27-17-21-20-16(25)13-8-12(22-23(13)17)14-2-1-7-26-14/h1-8H,9H2,(H,19,24)(H,20,25). The highest BCUT2D eigenvalue weighted by Crippen LogP contribution is 2.25. The van der Waals surface area contributed by atoms with E-state index in [1.54, 1.807) is 30.3 Å². The molecular weight excluding hydrogens is 406 g/mol. The molecule has 0 saturated heterocycles. The Bertz CT molecular complexity index is 1150. The van der Waals surface area contributed by atoms with E-state index in [9.17, 15) is 9.59 Å². The van der Waals surface area contributed by atoms with Gasteiger partial charge in [0.05, 0.1) is 10.6 Å². The molecule has 7 nitrogen and oxygen atoms in total. The van der Waals surface area contributed by atoms with Gasteiger partial charge in [-0.25, -0.2) is 9.61 Å². The number of hydrogen-bond donors (Lipinski definition) is 2. The second-order valence-electron chi connectivity index (χ2n) is 5.48. The van der Waals surface area contributed by atoms with Crippen molar-refractivity contribution in [1.29, 1.82) is 0 Å². The molecule has 0 bridgehead atoms. The number of rotatable bonds is 5. The third-order valence-electron chi connectivity index (χ3n) is 3.61. The highest BCUT2D eigenvalue weighted by molar-refractivity contribution is 7.99. The van der Waals surface area contributed by atoms with Crippen molar-refractivity contribution in [1.82, 2.24) is 19.8 Å². The maximum atomic E-state index is 12.2. The molecule has 136 valence electrons. The topological polar surface area (TPSA) is 92.2 Å². The minimum atomic E-state index is -0.333. The largest absolute Gasteiger partial charge is 0.325 e. The Hall–Kier alpha value is -2.62. The molecule has 0 saturated carbocycles. The van der Waals surface area contributed by atoms with Crippen LogP contribution in [0.4, 0.5) is 5.69 Å². The summed E-state index contributed by atoms with van der Waals surface area (Å²) in [7, 11) is 0. The number of nitrogens with zero attached hydrogens (tertiary/aromatic N) is 3. The Labute approximate surface area is 166 Å². The van der Waals surface area contributed by atoms with Crippen LogP contribution in [-0.4, -0.2) is 31.5 Å². The number of anilines is 1. The first-order chi connectivity index (χ1) is 13.1. The van der Waals surface area contributed by atoms with Crippen LogP contribution < -0.4 is 10.9 Å². The zero-order chi connectivity index (χ0) is 18.8. The number of aromatic nitrogens is 4. The van der Waals surface area contributed by atoms with Crippen LogP contribution in [0.5, 0.6) is 0 Å². The molecule has 0 fully saturated rings. The molecule has 1 amide bonds. The predicted molar refractivity (Wildman–Crippen MR) is 108 cm³/mol. The first kappa shape index (κ1) is 17.8. The Kier molecular flexibility index (Phi) is 4.97. The Morgan fingerprint density at radius 3 is 2.85 bits per heavy atom. The molecule has 4 rings (SSSR count). The molecule has 4 aromatic rings. The number of benzene rings is 1. The number of nitrogens with one attached hydrogen (secondary N) is 2. The van der Waals surface area contributed by atoms with Gasteiger partial charge in [-0.3, -0.25) is 9.59 Å². The number of carbonyl (C=O) groups excluding carboxylic acids is 1. The molecule has 10 heteroatoms. The molecule has 0 radical (unpaired) electrons. The number of thioether (sulfide) groups is 1. The van der Waals surface area contributed by atoms with Crippen molar-refractivity contribution in [2.24, 2.45) is 0 Å². The van der Waals surface area contributed by atoms with Crippen molar-refractivity contribution < 1.29 is 4.79 Å². The lowest BCUT2D eigenvalue weighted by Crippen LogP contribution is -2.17. The fourth-order valence-corrected chi connectivity index (χ4v) is 3.90. The van der Waals surface area contributed by atoms with Gasteiger partial charge in [0.15, 0.2) is 0 Å². The van der Waals surface area contributed by atoms with Crippen LogP contribution >= 0.6 is 34.7 Å². The highest BCUT2D eigenvalue weighted by atomic mass is 35.5. The minimum Gasteiger partial charge on any atom is -0.325 e. The molecular formula is C17H12ClN5O2S2. The zero-order valence-corrected chi connectivity index (χ0v) is 16.1. The maximum absolute atomic E-state index is 12.2. The first-order valence-electron chi connectivity index (χ1n) is 7.81. The van der Waals surface area contributed by atoms with Crippen molar-refractivity contribution in [2.75, 3.05) is 11.1 Å². The van der Waals surface area contributed by atoms with Gasteiger partial charge in [-0.05, 0) is 41.8 Å². The molecule has 1 aromatic carbocycles. The van der Waals surface area contributed by atoms with Crippen molar-refractivity contribution >= 4 is 51.8 Å². The monoisotopic (exact) mass is 417 g/mol. The number of hydrogen-bond acceptors (Lipinski definition) is 6. The number of fused-ring (bicyclic) bond motifs is 1. The van der Waals surface area contributed by atoms with E-state index >= 15 is 0 Å². The summed E-state index contributed by atoms with van der Waals surface area (Å²) in [6.07, 6.45) is 0. The van der Waals surface area contributed by atoms with Crippen LogP contribution in [0.1, 0.15) is 0 Å². The summed E-state index contributed by atoms with van der Waals surface area (Å²) in [5.74, 6) is -0.0839. The van der Waals surface area contributed by atoms with E-state index in [2.05, 4.69) is 20.6 Å². The summed E-state index contributed by atoms with van der Waals surface area (Å²) in [6, 6.07) is 12.4. The van der Waals surface area contributed by atoms with Crippen molar-refractivity contribution in [2.45, 2.75) is 5.16 Å². The van der Waals surface area contributed by atoms with Crippen LogP contribution in [0, 0.1) is 0 Å². The summed E-state index contributed by atoms with van der Waals surface area (Å²) >= 11 is 8.55. The van der Waals surface area contributed by atoms with E-state index in [1.807, 2.05) is 17.5 Å². The molecule has 0 aliphatic carbocycles. The zero-order valence-electron chi connectivity index (χ0n) is 13.7. The van der Waals surface area contributed by atoms with Crippen LogP contribution in [0.25, 0.3) is 16.1 Å². The SMILES string of the molecule is O=C(CSc1n[nH]c(=O)c2cc(-c3cccs3)nn12)Nc1ccc(Cl)cc1. The lowest BCUT2D eigenvalue weighted by Gasteiger charge is -2.05. The van der Waals surface area contributed by atoms with Crippen molar-refractivity contribution in [3.63, 3.8) is 0 Å². The third-order valence-corrected chi connectivity index (χ3v) is 5.68. The Morgan fingerprint density at radius 1 is 1.30 bits per heavy atom. The number of halogens is 1. The van der Waals surface area contributed by atoms with Crippen LogP contribution in [0.2, 0.25) is 5.02 Å². The van der Waals surface area contributed by atoms with Gasteiger partial charge < -0.3 is 5.32 Å². The van der Waals surface area contributed by atoms with E-state index in [0.717, 1.165) is 4.88 Å². The maximum Gasteiger partial charge on any atom is 0.290 e. The van der Waals surface area contributed by atoms with Crippen LogP contribution in [0.3, 0.4) is 0 Å². The summed E-state index contributed by atoms with van der Waals surface area (Å²) in [4.78, 5) is 25.2. The fourth-order valence-electron chi connectivity index (χ4n) is 2.39. The quantitative estimate of drug-likeness (QED) is 0.484. The molecule has 27 heavy (non-hydrogen) atoms. The number of amides is 1. The molecule has 0 spiro atoms. The smallest absolute Gasteiger partial charge is 0.290 e. The number of H-pyrrole nitrogens is 1. The van der Waals surface area contributed by atoms with E-state index in [0.29, 0.717) is 27.1 Å². The number of carbonyl (C=O) groups is 1. The lowest BCUT2D eigenvalue weighted by atomic mass is 10.3. The molecule has 0 aliphatic rings. The number of aromatic amines is 1. The van der Waals surface area contributed by atoms with Gasteiger partial charge in [0.1, 0.15) is 11.2 Å². The Balaban J connectivity index is 1.53. The average molecular weight is 418 g/mol. The highest BCUT2D eigenvalue weighted by Gasteiger charge is 2.14. The van der Waals surface area contributed by atoms with E-state index in [4.69, 9.17) is 11.6 Å². The molecule has 0 unspecified atom stereocenters. The van der Waals surface area contributed by atoms with E-state index in [-0.39, 0.29) is 17.2 Å². The van der Waals surface area contributed by atoms with Crippen molar-refractivity contribution in [3.8, 4) is 10.6 Å². The molecule has 0 atom stereocenters. The van der Waals surface area contributed by atoms with Gasteiger partial charge >= 0.3 is 0 Å².